The maximum absolute atomic E-state index is 12.7. The first-order chi connectivity index (χ1) is 13.5. The van der Waals surface area contributed by atoms with E-state index in [0.717, 1.165) is 10.4 Å². The van der Waals surface area contributed by atoms with Gasteiger partial charge >= 0.3 is 0 Å². The summed E-state index contributed by atoms with van der Waals surface area (Å²) < 4.78 is 1.69. The van der Waals surface area contributed by atoms with Crippen LogP contribution in [0.3, 0.4) is 0 Å². The number of hydrogen-bond acceptors (Lipinski definition) is 5. The molecule has 0 saturated carbocycles. The summed E-state index contributed by atoms with van der Waals surface area (Å²) >= 11 is 0. The molecule has 4 rings (SSSR count). The van der Waals surface area contributed by atoms with Crippen molar-refractivity contribution in [3.8, 4) is 6.07 Å². The minimum atomic E-state index is -1.01. The molecule has 7 nitrogen and oxygen atoms in total. The molecular formula is C21H16N4O3. The molecule has 2 heterocycles. The van der Waals surface area contributed by atoms with Crippen molar-refractivity contribution in [1.29, 1.82) is 5.26 Å². The average molecular weight is 372 g/mol. The van der Waals surface area contributed by atoms with Gasteiger partial charge in [0, 0.05) is 7.05 Å². The molecule has 0 radical (unpaired) electrons. The summed E-state index contributed by atoms with van der Waals surface area (Å²) in [4.78, 5) is 30.7. The summed E-state index contributed by atoms with van der Waals surface area (Å²) in [7, 11) is 1.74. The van der Waals surface area contributed by atoms with Crippen LogP contribution < -0.4 is 0 Å². The number of nitriles is 1. The number of imide groups is 1. The third-order valence-corrected chi connectivity index (χ3v) is 4.99. The molecule has 0 spiro atoms. The number of imidazole rings is 1. The molecule has 1 atom stereocenters. The predicted molar refractivity (Wildman–Crippen MR) is 102 cm³/mol. The fourth-order valence-electron chi connectivity index (χ4n) is 3.48. The average Bonchev–Trinajstić information content (AvgIpc) is 3.17. The largest absolute Gasteiger partial charge is 0.509 e. The van der Waals surface area contributed by atoms with E-state index in [1.807, 2.05) is 24.3 Å². The van der Waals surface area contributed by atoms with Crippen LogP contribution in [-0.2, 0) is 7.05 Å². The number of allylic oxidation sites excluding steroid dienone is 1. The van der Waals surface area contributed by atoms with Crippen LogP contribution in [0, 0.1) is 11.3 Å². The Morgan fingerprint density at radius 2 is 1.64 bits per heavy atom. The van der Waals surface area contributed by atoms with Crippen LogP contribution in [0.2, 0.25) is 0 Å². The van der Waals surface area contributed by atoms with Crippen LogP contribution in [0.5, 0.6) is 0 Å². The van der Waals surface area contributed by atoms with E-state index in [-0.39, 0.29) is 28.3 Å². The fraction of sp³-hybridized carbons (Fsp3) is 0.143. The van der Waals surface area contributed by atoms with Gasteiger partial charge in [-0.3, -0.25) is 14.5 Å². The Labute approximate surface area is 160 Å². The van der Waals surface area contributed by atoms with Crippen molar-refractivity contribution in [1.82, 2.24) is 14.5 Å². The van der Waals surface area contributed by atoms with Crippen molar-refractivity contribution in [3.63, 3.8) is 0 Å². The van der Waals surface area contributed by atoms with Gasteiger partial charge in [-0.25, -0.2) is 4.98 Å². The molecular weight excluding hydrogens is 356 g/mol. The zero-order chi connectivity index (χ0) is 20.0. The van der Waals surface area contributed by atoms with Crippen molar-refractivity contribution >= 4 is 28.4 Å². The van der Waals surface area contributed by atoms with Crippen LogP contribution in [0.15, 0.2) is 54.3 Å². The Morgan fingerprint density at radius 3 is 2.21 bits per heavy atom. The number of rotatable bonds is 3. The first-order valence-electron chi connectivity index (χ1n) is 8.67. The van der Waals surface area contributed by atoms with Gasteiger partial charge in [0.05, 0.1) is 28.2 Å². The van der Waals surface area contributed by atoms with Crippen molar-refractivity contribution in [2.24, 2.45) is 7.05 Å². The molecule has 0 aliphatic carbocycles. The maximum atomic E-state index is 12.7. The van der Waals surface area contributed by atoms with Gasteiger partial charge in [0.1, 0.15) is 17.4 Å². The molecule has 1 aliphatic heterocycles. The fourth-order valence-corrected chi connectivity index (χ4v) is 3.48. The van der Waals surface area contributed by atoms with Gasteiger partial charge in [0.2, 0.25) is 0 Å². The quantitative estimate of drug-likeness (QED) is 0.433. The van der Waals surface area contributed by atoms with E-state index in [1.165, 1.54) is 6.92 Å². The van der Waals surface area contributed by atoms with Gasteiger partial charge in [0.25, 0.3) is 11.8 Å². The molecule has 7 heteroatoms. The number of carbonyl (C=O) groups excluding carboxylic acids is 2. The summed E-state index contributed by atoms with van der Waals surface area (Å²) in [5.41, 5.74) is 1.96. The standard InChI is InChI=1S/C21H16N4O3/c1-12(25-20(27)13-7-3-4-8-14(13)21(25)28)18(26)15(11-22)19-23-16-9-5-6-10-17(16)24(19)2/h3-10,12,26H,1-2H3/b18-15-/t12-/m0/s1. The summed E-state index contributed by atoms with van der Waals surface area (Å²) in [5, 5.41) is 20.5. The summed E-state index contributed by atoms with van der Waals surface area (Å²) in [6.07, 6.45) is 0. The second-order valence-electron chi connectivity index (χ2n) is 6.56. The van der Waals surface area contributed by atoms with Crippen molar-refractivity contribution in [3.05, 3.63) is 71.2 Å². The zero-order valence-electron chi connectivity index (χ0n) is 15.2. The zero-order valence-corrected chi connectivity index (χ0v) is 15.2. The molecule has 1 aliphatic rings. The summed E-state index contributed by atoms with van der Waals surface area (Å²) in [6, 6.07) is 14.8. The lowest BCUT2D eigenvalue weighted by Gasteiger charge is -2.22. The second-order valence-corrected chi connectivity index (χ2v) is 6.56. The van der Waals surface area contributed by atoms with E-state index >= 15 is 0 Å². The van der Waals surface area contributed by atoms with Gasteiger partial charge in [-0.15, -0.1) is 0 Å². The van der Waals surface area contributed by atoms with Crippen molar-refractivity contribution in [2.45, 2.75) is 13.0 Å². The van der Waals surface area contributed by atoms with Gasteiger partial charge in [-0.05, 0) is 31.2 Å². The van der Waals surface area contributed by atoms with E-state index in [9.17, 15) is 20.0 Å². The Hall–Kier alpha value is -3.92. The van der Waals surface area contributed by atoms with Crippen LogP contribution in [0.1, 0.15) is 33.5 Å². The number of aryl methyl sites for hydroxylation is 1. The Kier molecular flexibility index (Phi) is 3.97. The number of amides is 2. The van der Waals surface area contributed by atoms with Crippen LogP contribution in [0.25, 0.3) is 16.6 Å². The number of aliphatic hydroxyl groups excluding tert-OH is 1. The van der Waals surface area contributed by atoms with E-state index < -0.39 is 17.9 Å². The molecule has 2 aromatic carbocycles. The number of aliphatic hydroxyl groups is 1. The molecule has 138 valence electrons. The molecule has 0 fully saturated rings. The normalized spacial score (nSPS) is 15.4. The SMILES string of the molecule is C[C@@H](/C(O)=C(\C#N)c1nc2ccccc2n1C)N1C(=O)c2ccccc2C1=O. The molecule has 0 bridgehead atoms. The molecule has 0 unspecified atom stereocenters. The third kappa shape index (κ3) is 2.39. The molecule has 1 aromatic heterocycles. The Balaban J connectivity index is 1.80. The molecule has 0 saturated heterocycles. The maximum Gasteiger partial charge on any atom is 0.262 e. The highest BCUT2D eigenvalue weighted by atomic mass is 16.3. The van der Waals surface area contributed by atoms with E-state index in [4.69, 9.17) is 0 Å². The lowest BCUT2D eigenvalue weighted by atomic mass is 10.1. The summed E-state index contributed by atoms with van der Waals surface area (Å²) in [6.45, 7) is 1.51. The number of aromatic nitrogens is 2. The number of nitrogens with zero attached hydrogens (tertiary/aromatic N) is 4. The topological polar surface area (TPSA) is 99.2 Å². The third-order valence-electron chi connectivity index (χ3n) is 4.99. The number of fused-ring (bicyclic) bond motifs is 2. The Bertz CT molecular complexity index is 1180. The minimum absolute atomic E-state index is 0.0808. The molecule has 28 heavy (non-hydrogen) atoms. The van der Waals surface area contributed by atoms with E-state index in [0.29, 0.717) is 5.52 Å². The number of carbonyl (C=O) groups is 2. The first kappa shape index (κ1) is 17.5. The van der Waals surface area contributed by atoms with Gasteiger partial charge < -0.3 is 9.67 Å². The highest BCUT2D eigenvalue weighted by molar-refractivity contribution is 6.21. The van der Waals surface area contributed by atoms with E-state index in [1.54, 1.807) is 41.9 Å². The molecule has 2 amide bonds. The van der Waals surface area contributed by atoms with Crippen LogP contribution >= 0.6 is 0 Å². The van der Waals surface area contributed by atoms with Gasteiger partial charge in [0.15, 0.2) is 5.82 Å². The predicted octanol–water partition coefficient (Wildman–Crippen LogP) is 3.05. The highest BCUT2D eigenvalue weighted by Crippen LogP contribution is 2.29. The number of para-hydroxylation sites is 2. The lowest BCUT2D eigenvalue weighted by molar-refractivity contribution is 0.0590. The minimum Gasteiger partial charge on any atom is -0.509 e. The second kappa shape index (κ2) is 6.35. The lowest BCUT2D eigenvalue weighted by Crippen LogP contribution is -2.39. The number of hydrogen-bond donors (Lipinski definition) is 1. The molecule has 3 aromatic rings. The van der Waals surface area contributed by atoms with Crippen molar-refractivity contribution in [2.75, 3.05) is 0 Å². The number of benzene rings is 2. The first-order valence-corrected chi connectivity index (χ1v) is 8.67. The van der Waals surface area contributed by atoms with E-state index in [2.05, 4.69) is 4.98 Å². The molecule has 1 N–H and O–H groups in total. The van der Waals surface area contributed by atoms with Gasteiger partial charge in [-0.2, -0.15) is 5.26 Å². The van der Waals surface area contributed by atoms with Crippen LogP contribution in [0.4, 0.5) is 0 Å². The van der Waals surface area contributed by atoms with Gasteiger partial charge in [-0.1, -0.05) is 24.3 Å². The Morgan fingerprint density at radius 1 is 1.07 bits per heavy atom. The smallest absolute Gasteiger partial charge is 0.262 e. The monoisotopic (exact) mass is 372 g/mol. The van der Waals surface area contributed by atoms with Crippen molar-refractivity contribution < 1.29 is 14.7 Å². The van der Waals surface area contributed by atoms with Crippen LogP contribution in [-0.4, -0.2) is 37.4 Å². The highest BCUT2D eigenvalue weighted by Gasteiger charge is 2.40. The summed E-state index contributed by atoms with van der Waals surface area (Å²) in [5.74, 6) is -1.11.